The van der Waals surface area contributed by atoms with Gasteiger partial charge in [0.2, 0.25) is 10.9 Å². The Kier molecular flexibility index (Phi) is 4.08. The molecule has 1 heterocycles. The van der Waals surface area contributed by atoms with E-state index in [9.17, 15) is 9.59 Å². The molecule has 0 bridgehead atoms. The molecule has 4 heteroatoms. The zero-order valence-corrected chi connectivity index (χ0v) is 16.3. The van der Waals surface area contributed by atoms with E-state index in [0.717, 1.165) is 16.5 Å². The van der Waals surface area contributed by atoms with Crippen molar-refractivity contribution < 1.29 is 0 Å². The standard InChI is InChI=1S/C23H20ClNO2/c1-23(2,3)15-8-6-7-14(11-15)12-25-13-17(16-9-4-5-10-18(16)25)19-20(24)22(27)21(19)26/h4-11,13H,12H2,1-3H3. The van der Waals surface area contributed by atoms with Crippen molar-refractivity contribution in [2.75, 3.05) is 0 Å². The Morgan fingerprint density at radius 2 is 1.70 bits per heavy atom. The second-order valence-electron chi connectivity index (χ2n) is 7.99. The summed E-state index contributed by atoms with van der Waals surface area (Å²) < 4.78 is 2.11. The Bertz CT molecular complexity index is 1230. The molecule has 1 aromatic heterocycles. The summed E-state index contributed by atoms with van der Waals surface area (Å²) in [5.74, 6) is 0. The third kappa shape index (κ3) is 2.92. The minimum atomic E-state index is -0.596. The van der Waals surface area contributed by atoms with Gasteiger partial charge in [-0.15, -0.1) is 0 Å². The van der Waals surface area contributed by atoms with Crippen LogP contribution in [0.2, 0.25) is 5.02 Å². The molecular formula is C23H20ClNO2. The van der Waals surface area contributed by atoms with Gasteiger partial charge in [-0.1, -0.05) is 74.8 Å². The molecule has 0 saturated heterocycles. The topological polar surface area (TPSA) is 39.1 Å². The van der Waals surface area contributed by atoms with Crippen LogP contribution in [-0.4, -0.2) is 4.57 Å². The molecule has 3 aromatic carbocycles. The first kappa shape index (κ1) is 17.7. The van der Waals surface area contributed by atoms with Gasteiger partial charge >= 0.3 is 0 Å². The molecule has 0 aliphatic rings. The van der Waals surface area contributed by atoms with Gasteiger partial charge in [0.1, 0.15) is 5.02 Å². The number of benzene rings is 2. The number of rotatable bonds is 3. The van der Waals surface area contributed by atoms with Crippen molar-refractivity contribution in [2.45, 2.75) is 32.7 Å². The number of nitrogens with zero attached hydrogens (tertiary/aromatic N) is 1. The van der Waals surface area contributed by atoms with Crippen molar-refractivity contribution in [3.63, 3.8) is 0 Å². The first-order valence-corrected chi connectivity index (χ1v) is 9.31. The molecule has 4 rings (SSSR count). The fourth-order valence-electron chi connectivity index (χ4n) is 3.51. The summed E-state index contributed by atoms with van der Waals surface area (Å²) in [5.41, 5.74) is 3.52. The van der Waals surface area contributed by atoms with Crippen molar-refractivity contribution in [3.05, 3.63) is 91.3 Å². The van der Waals surface area contributed by atoms with E-state index in [0.29, 0.717) is 12.1 Å². The van der Waals surface area contributed by atoms with E-state index in [2.05, 4.69) is 49.6 Å². The number of hydrogen-bond acceptors (Lipinski definition) is 2. The third-order valence-electron chi connectivity index (χ3n) is 5.06. The molecule has 3 nitrogen and oxygen atoms in total. The van der Waals surface area contributed by atoms with Gasteiger partial charge in [-0.05, 0) is 22.6 Å². The van der Waals surface area contributed by atoms with Gasteiger partial charge in [0.25, 0.3) is 0 Å². The molecule has 27 heavy (non-hydrogen) atoms. The molecule has 0 N–H and O–H groups in total. The largest absolute Gasteiger partial charge is 0.342 e. The van der Waals surface area contributed by atoms with E-state index in [1.54, 1.807) is 0 Å². The van der Waals surface area contributed by atoms with Crippen molar-refractivity contribution in [1.82, 2.24) is 4.57 Å². The van der Waals surface area contributed by atoms with Crippen molar-refractivity contribution in [2.24, 2.45) is 0 Å². The van der Waals surface area contributed by atoms with Crippen LogP contribution >= 0.6 is 11.6 Å². The lowest BCUT2D eigenvalue weighted by Crippen LogP contribution is -2.33. The maximum absolute atomic E-state index is 12.0. The molecule has 0 saturated carbocycles. The molecule has 0 aliphatic heterocycles. The Hall–Kier alpha value is -2.65. The first-order chi connectivity index (χ1) is 12.8. The second-order valence-corrected chi connectivity index (χ2v) is 8.36. The summed E-state index contributed by atoms with van der Waals surface area (Å²) in [6, 6.07) is 16.4. The highest BCUT2D eigenvalue weighted by molar-refractivity contribution is 6.34. The van der Waals surface area contributed by atoms with Crippen LogP contribution in [0.5, 0.6) is 0 Å². The Balaban J connectivity index is 1.83. The lowest BCUT2D eigenvalue weighted by atomic mass is 9.86. The summed E-state index contributed by atoms with van der Waals surface area (Å²) in [6.45, 7) is 7.27. The molecular weight excluding hydrogens is 358 g/mol. The van der Waals surface area contributed by atoms with Gasteiger partial charge < -0.3 is 4.57 Å². The molecule has 0 atom stereocenters. The van der Waals surface area contributed by atoms with Gasteiger partial charge in [0.15, 0.2) is 0 Å². The molecule has 4 aromatic rings. The van der Waals surface area contributed by atoms with Crippen LogP contribution in [0, 0.1) is 0 Å². The smallest absolute Gasteiger partial charge is 0.245 e. The van der Waals surface area contributed by atoms with Gasteiger partial charge in [-0.25, -0.2) is 0 Å². The van der Waals surface area contributed by atoms with Crippen LogP contribution in [0.25, 0.3) is 22.0 Å². The summed E-state index contributed by atoms with van der Waals surface area (Å²) in [5, 5.41) is 0.969. The van der Waals surface area contributed by atoms with E-state index < -0.39 is 10.9 Å². The quantitative estimate of drug-likeness (QED) is 0.476. The predicted octanol–water partition coefficient (Wildman–Crippen LogP) is 4.90. The summed E-state index contributed by atoms with van der Waals surface area (Å²) in [7, 11) is 0. The fourth-order valence-corrected chi connectivity index (χ4v) is 3.79. The first-order valence-electron chi connectivity index (χ1n) is 8.94. The Morgan fingerprint density at radius 1 is 0.963 bits per heavy atom. The van der Waals surface area contributed by atoms with Crippen LogP contribution in [0.4, 0.5) is 0 Å². The molecule has 0 unspecified atom stereocenters. The lowest BCUT2D eigenvalue weighted by Gasteiger charge is -2.20. The number of aromatic nitrogens is 1. The average molecular weight is 378 g/mol. The highest BCUT2D eigenvalue weighted by Gasteiger charge is 2.24. The second kappa shape index (κ2) is 6.21. The van der Waals surface area contributed by atoms with Crippen LogP contribution in [0.15, 0.2) is 64.3 Å². The summed E-state index contributed by atoms with van der Waals surface area (Å²) in [4.78, 5) is 23.6. The number of hydrogen-bond donors (Lipinski definition) is 0. The summed E-state index contributed by atoms with van der Waals surface area (Å²) in [6.07, 6.45) is 1.93. The predicted molar refractivity (Wildman–Crippen MR) is 112 cm³/mol. The summed E-state index contributed by atoms with van der Waals surface area (Å²) >= 11 is 6.04. The average Bonchev–Trinajstić information content (AvgIpc) is 2.99. The number of fused-ring (bicyclic) bond motifs is 1. The lowest BCUT2D eigenvalue weighted by molar-refractivity contribution is 0.589. The minimum Gasteiger partial charge on any atom is -0.342 e. The van der Waals surface area contributed by atoms with Crippen LogP contribution < -0.4 is 10.9 Å². The molecule has 0 radical (unpaired) electrons. The Labute approximate surface area is 162 Å². The number of halogens is 1. The van der Waals surface area contributed by atoms with Crippen molar-refractivity contribution in [3.8, 4) is 11.1 Å². The third-order valence-corrected chi connectivity index (χ3v) is 5.42. The molecule has 0 fully saturated rings. The fraction of sp³-hybridized carbons (Fsp3) is 0.217. The van der Waals surface area contributed by atoms with Crippen LogP contribution in [-0.2, 0) is 12.0 Å². The van der Waals surface area contributed by atoms with Crippen LogP contribution in [0.1, 0.15) is 31.9 Å². The van der Waals surface area contributed by atoms with Crippen molar-refractivity contribution in [1.29, 1.82) is 0 Å². The van der Waals surface area contributed by atoms with E-state index >= 15 is 0 Å². The van der Waals surface area contributed by atoms with Gasteiger partial charge in [-0.3, -0.25) is 9.59 Å². The highest BCUT2D eigenvalue weighted by atomic mass is 35.5. The van der Waals surface area contributed by atoms with Crippen LogP contribution in [0.3, 0.4) is 0 Å². The van der Waals surface area contributed by atoms with E-state index in [1.165, 1.54) is 11.1 Å². The highest BCUT2D eigenvalue weighted by Crippen LogP contribution is 2.33. The van der Waals surface area contributed by atoms with Gasteiger partial charge in [0, 0.05) is 29.2 Å². The molecule has 0 aliphatic carbocycles. The monoisotopic (exact) mass is 377 g/mol. The van der Waals surface area contributed by atoms with E-state index in [-0.39, 0.29) is 10.4 Å². The number of para-hydroxylation sites is 1. The molecule has 0 spiro atoms. The van der Waals surface area contributed by atoms with Crippen molar-refractivity contribution >= 4 is 22.5 Å². The molecule has 0 amide bonds. The Morgan fingerprint density at radius 3 is 2.41 bits per heavy atom. The van der Waals surface area contributed by atoms with E-state index in [1.807, 2.05) is 30.5 Å². The zero-order valence-electron chi connectivity index (χ0n) is 15.5. The maximum atomic E-state index is 12.0. The van der Waals surface area contributed by atoms with E-state index in [4.69, 9.17) is 11.6 Å². The maximum Gasteiger partial charge on any atom is 0.245 e. The normalized spacial score (nSPS) is 12.1. The molecule has 136 valence electrons. The zero-order chi connectivity index (χ0) is 19.3. The van der Waals surface area contributed by atoms with Gasteiger partial charge in [0.05, 0.1) is 5.56 Å². The van der Waals surface area contributed by atoms with Gasteiger partial charge in [-0.2, -0.15) is 0 Å². The minimum absolute atomic E-state index is 0.0395. The SMILES string of the molecule is CC(C)(C)c1cccc(Cn2cc(-c3c(Cl)c(=O)c3=O)c3ccccc32)c1.